The van der Waals surface area contributed by atoms with Crippen LogP contribution in [-0.2, 0) is 19.1 Å². The van der Waals surface area contributed by atoms with E-state index in [2.05, 4.69) is 5.32 Å². The topological polar surface area (TPSA) is 75.7 Å². The number of likely N-dealkylation sites (N-methyl/N-ethyl adjacent to an activating group) is 1. The minimum atomic E-state index is -0.703. The molecule has 26 heavy (non-hydrogen) atoms. The van der Waals surface area contributed by atoms with Gasteiger partial charge in [0.25, 0.3) is 5.91 Å². The predicted octanol–water partition coefficient (Wildman–Crippen LogP) is 1.97. The Labute approximate surface area is 156 Å². The normalized spacial score (nSPS) is 33.0. The van der Waals surface area contributed by atoms with Crippen LogP contribution in [0.4, 0.5) is 0 Å². The van der Waals surface area contributed by atoms with Gasteiger partial charge in [0.15, 0.2) is 6.61 Å². The van der Waals surface area contributed by atoms with Crippen LogP contribution in [0.3, 0.4) is 0 Å². The van der Waals surface area contributed by atoms with Crippen LogP contribution < -0.4 is 5.32 Å². The van der Waals surface area contributed by atoms with Gasteiger partial charge in [0, 0.05) is 19.5 Å². The number of hydrogen-bond donors (Lipinski definition) is 1. The molecule has 2 amide bonds. The molecule has 4 saturated carbocycles. The summed E-state index contributed by atoms with van der Waals surface area (Å²) in [5.41, 5.74) is -0.290. The van der Waals surface area contributed by atoms with Crippen LogP contribution in [0.1, 0.15) is 52.4 Å². The highest BCUT2D eigenvalue weighted by atomic mass is 16.5. The van der Waals surface area contributed by atoms with Gasteiger partial charge in [-0.25, -0.2) is 4.79 Å². The SMILES string of the molecule is CC(C)[C@H](NC(=O)C12CC3CC(CC(C3)C1)C2)C(=O)OCC(=O)N(C)C. The minimum Gasteiger partial charge on any atom is -0.454 e. The van der Waals surface area contributed by atoms with Gasteiger partial charge >= 0.3 is 5.97 Å². The fraction of sp³-hybridized carbons (Fsp3) is 0.850. The summed E-state index contributed by atoms with van der Waals surface area (Å²) >= 11 is 0. The summed E-state index contributed by atoms with van der Waals surface area (Å²) in [6, 6.07) is -0.703. The molecule has 6 heteroatoms. The van der Waals surface area contributed by atoms with Crippen molar-refractivity contribution < 1.29 is 19.1 Å². The molecule has 1 atom stereocenters. The van der Waals surface area contributed by atoms with Crippen molar-refractivity contribution in [1.82, 2.24) is 10.2 Å². The second-order valence-electron chi connectivity index (χ2n) is 9.29. The van der Waals surface area contributed by atoms with Crippen molar-refractivity contribution in [2.75, 3.05) is 20.7 Å². The number of nitrogens with one attached hydrogen (secondary N) is 1. The van der Waals surface area contributed by atoms with E-state index in [1.807, 2.05) is 13.8 Å². The molecule has 4 aliphatic rings. The summed E-state index contributed by atoms with van der Waals surface area (Å²) < 4.78 is 5.16. The molecule has 4 rings (SSSR count). The van der Waals surface area contributed by atoms with E-state index in [0.717, 1.165) is 19.3 Å². The first kappa shape index (κ1) is 19.2. The lowest BCUT2D eigenvalue weighted by atomic mass is 9.49. The monoisotopic (exact) mass is 364 g/mol. The van der Waals surface area contributed by atoms with Gasteiger partial charge in [0.1, 0.15) is 6.04 Å². The van der Waals surface area contributed by atoms with Crippen molar-refractivity contribution in [1.29, 1.82) is 0 Å². The number of rotatable bonds is 6. The third-order valence-electron chi connectivity index (χ3n) is 6.56. The van der Waals surface area contributed by atoms with Crippen molar-refractivity contribution in [2.24, 2.45) is 29.1 Å². The van der Waals surface area contributed by atoms with E-state index in [9.17, 15) is 14.4 Å². The van der Waals surface area contributed by atoms with Gasteiger partial charge in [-0.15, -0.1) is 0 Å². The second-order valence-corrected chi connectivity index (χ2v) is 9.29. The quantitative estimate of drug-likeness (QED) is 0.731. The van der Waals surface area contributed by atoms with Crippen molar-refractivity contribution >= 4 is 17.8 Å². The summed E-state index contributed by atoms with van der Waals surface area (Å²) in [6.45, 7) is 3.49. The maximum atomic E-state index is 13.2. The molecule has 4 aliphatic carbocycles. The van der Waals surface area contributed by atoms with Crippen molar-refractivity contribution in [2.45, 2.75) is 58.4 Å². The number of ether oxygens (including phenoxy) is 1. The molecule has 0 unspecified atom stereocenters. The fourth-order valence-electron chi connectivity index (χ4n) is 5.53. The average Bonchev–Trinajstić information content (AvgIpc) is 2.55. The highest BCUT2D eigenvalue weighted by Gasteiger charge is 2.55. The maximum Gasteiger partial charge on any atom is 0.329 e. The number of esters is 1. The highest BCUT2D eigenvalue weighted by molar-refractivity contribution is 5.89. The summed E-state index contributed by atoms with van der Waals surface area (Å²) in [5, 5.41) is 2.99. The number of hydrogen-bond acceptors (Lipinski definition) is 4. The van der Waals surface area contributed by atoms with E-state index < -0.39 is 12.0 Å². The lowest BCUT2D eigenvalue weighted by molar-refractivity contribution is -0.158. The van der Waals surface area contributed by atoms with Crippen LogP contribution in [0.2, 0.25) is 0 Å². The van der Waals surface area contributed by atoms with E-state index in [1.54, 1.807) is 14.1 Å². The standard InChI is InChI=1S/C20H32N2O4/c1-12(2)17(18(24)26-11-16(23)22(3)4)21-19(25)20-8-13-5-14(9-20)7-15(6-13)10-20/h12-15,17H,5-11H2,1-4H3,(H,21,25)/t13?,14?,15?,17-,20?/m0/s1. The molecule has 146 valence electrons. The zero-order valence-corrected chi connectivity index (χ0v) is 16.4. The van der Waals surface area contributed by atoms with E-state index in [4.69, 9.17) is 4.74 Å². The summed E-state index contributed by atoms with van der Waals surface area (Å²) in [7, 11) is 3.23. The summed E-state index contributed by atoms with van der Waals surface area (Å²) in [4.78, 5) is 38.7. The van der Waals surface area contributed by atoms with Gasteiger partial charge in [0.05, 0.1) is 0 Å². The van der Waals surface area contributed by atoms with Gasteiger partial charge < -0.3 is 15.0 Å². The summed E-state index contributed by atoms with van der Waals surface area (Å²) in [5.74, 6) is 1.17. The molecule has 4 fully saturated rings. The Balaban J connectivity index is 1.63. The van der Waals surface area contributed by atoms with E-state index >= 15 is 0 Å². The minimum absolute atomic E-state index is 0.0196. The van der Waals surface area contributed by atoms with Crippen molar-refractivity contribution in [3.63, 3.8) is 0 Å². The number of amides is 2. The third-order valence-corrected chi connectivity index (χ3v) is 6.56. The summed E-state index contributed by atoms with van der Waals surface area (Å²) in [6.07, 6.45) is 6.70. The van der Waals surface area contributed by atoms with Crippen LogP contribution >= 0.6 is 0 Å². The Morgan fingerprint density at radius 3 is 1.96 bits per heavy atom. The zero-order chi connectivity index (χ0) is 19.1. The highest BCUT2D eigenvalue weighted by Crippen LogP contribution is 2.60. The molecule has 0 aromatic rings. The molecule has 0 radical (unpaired) electrons. The maximum absolute atomic E-state index is 13.2. The van der Waals surface area contributed by atoms with Crippen molar-refractivity contribution in [3.05, 3.63) is 0 Å². The fourth-order valence-corrected chi connectivity index (χ4v) is 5.53. The first-order valence-electron chi connectivity index (χ1n) is 9.88. The Bertz CT molecular complexity index is 549. The van der Waals surface area contributed by atoms with Gasteiger partial charge in [0.2, 0.25) is 5.91 Å². The van der Waals surface area contributed by atoms with Crippen molar-refractivity contribution in [3.8, 4) is 0 Å². The van der Waals surface area contributed by atoms with Crippen LogP contribution in [0.25, 0.3) is 0 Å². The molecule has 0 aromatic carbocycles. The van der Waals surface area contributed by atoms with Crippen LogP contribution in [0.5, 0.6) is 0 Å². The lowest BCUT2D eigenvalue weighted by Crippen LogP contribution is -2.57. The van der Waals surface area contributed by atoms with E-state index in [0.29, 0.717) is 17.8 Å². The molecule has 0 spiro atoms. The molecule has 1 N–H and O–H groups in total. The number of carbonyl (C=O) groups excluding carboxylic acids is 3. The second kappa shape index (κ2) is 7.20. The molecule has 0 aliphatic heterocycles. The van der Waals surface area contributed by atoms with E-state index in [-0.39, 0.29) is 29.8 Å². The van der Waals surface area contributed by atoms with Crippen LogP contribution in [0, 0.1) is 29.1 Å². The molecule has 0 saturated heterocycles. The average molecular weight is 364 g/mol. The Kier molecular flexibility index (Phi) is 5.31. The zero-order valence-electron chi connectivity index (χ0n) is 16.4. The van der Waals surface area contributed by atoms with Gasteiger partial charge in [-0.2, -0.15) is 0 Å². The van der Waals surface area contributed by atoms with Crippen LogP contribution in [0.15, 0.2) is 0 Å². The largest absolute Gasteiger partial charge is 0.454 e. The molecular formula is C20H32N2O4. The van der Waals surface area contributed by atoms with Gasteiger partial charge in [-0.3, -0.25) is 9.59 Å². The molecule has 0 heterocycles. The number of carbonyl (C=O) groups is 3. The molecule has 0 aromatic heterocycles. The third kappa shape index (κ3) is 3.74. The molecule has 6 nitrogen and oxygen atoms in total. The molecule has 4 bridgehead atoms. The first-order chi connectivity index (χ1) is 12.2. The molecular weight excluding hydrogens is 332 g/mol. The number of nitrogens with zero attached hydrogens (tertiary/aromatic N) is 1. The lowest BCUT2D eigenvalue weighted by Gasteiger charge is -2.55. The van der Waals surface area contributed by atoms with Gasteiger partial charge in [-0.05, 0) is 62.2 Å². The predicted molar refractivity (Wildman–Crippen MR) is 97.0 cm³/mol. The van der Waals surface area contributed by atoms with E-state index in [1.165, 1.54) is 24.2 Å². The Morgan fingerprint density at radius 2 is 1.54 bits per heavy atom. The first-order valence-corrected chi connectivity index (χ1v) is 9.88. The van der Waals surface area contributed by atoms with Gasteiger partial charge in [-0.1, -0.05) is 13.8 Å². The Morgan fingerprint density at radius 1 is 1.04 bits per heavy atom. The van der Waals surface area contributed by atoms with Crippen LogP contribution in [-0.4, -0.2) is 49.4 Å². The smallest absolute Gasteiger partial charge is 0.329 e. The Hall–Kier alpha value is -1.59.